The minimum Gasteiger partial charge on any atom is -0.331 e. The lowest BCUT2D eigenvalue weighted by molar-refractivity contribution is 0.0684. The molecule has 0 unspecified atom stereocenters. The number of carbonyl (C=O) groups excluding carboxylic acids is 1. The molecule has 0 radical (unpaired) electrons. The van der Waals surface area contributed by atoms with Gasteiger partial charge >= 0.3 is 0 Å². The van der Waals surface area contributed by atoms with Crippen LogP contribution in [0.5, 0.6) is 0 Å². The van der Waals surface area contributed by atoms with Crippen molar-refractivity contribution in [2.45, 2.75) is 26.4 Å². The van der Waals surface area contributed by atoms with Gasteiger partial charge in [-0.1, -0.05) is 36.4 Å². The molecule has 0 saturated carbocycles. The lowest BCUT2D eigenvalue weighted by Gasteiger charge is -2.26. The molecule has 3 nitrogen and oxygen atoms in total. The monoisotopic (exact) mass is 254 g/mol. The Morgan fingerprint density at radius 1 is 1.11 bits per heavy atom. The second kappa shape index (κ2) is 6.14. The Kier molecular flexibility index (Phi) is 4.29. The third-order valence-electron chi connectivity index (χ3n) is 2.96. The van der Waals surface area contributed by atoms with E-state index in [9.17, 15) is 4.79 Å². The van der Waals surface area contributed by atoms with Crippen LogP contribution in [-0.4, -0.2) is 21.8 Å². The van der Waals surface area contributed by atoms with E-state index in [1.54, 1.807) is 12.3 Å². The number of pyridine rings is 1. The molecule has 0 spiro atoms. The van der Waals surface area contributed by atoms with Crippen LogP contribution in [0.1, 0.15) is 29.9 Å². The average Bonchev–Trinajstić information content (AvgIpc) is 2.46. The summed E-state index contributed by atoms with van der Waals surface area (Å²) < 4.78 is 0. The van der Waals surface area contributed by atoms with Gasteiger partial charge in [-0.2, -0.15) is 0 Å². The highest BCUT2D eigenvalue weighted by atomic mass is 16.2. The molecule has 0 atom stereocenters. The highest BCUT2D eigenvalue weighted by molar-refractivity contribution is 5.92. The molecule has 1 heterocycles. The second-order valence-electron chi connectivity index (χ2n) is 4.73. The standard InChI is InChI=1S/C16H18N2O/c1-13(2)18(12-14-8-4-3-5-9-14)16(19)15-10-6-7-11-17-15/h3-11,13H,12H2,1-2H3. The van der Waals surface area contributed by atoms with Gasteiger partial charge in [0.2, 0.25) is 0 Å². The van der Waals surface area contributed by atoms with Crippen molar-refractivity contribution >= 4 is 5.91 Å². The van der Waals surface area contributed by atoms with E-state index in [4.69, 9.17) is 0 Å². The van der Waals surface area contributed by atoms with Gasteiger partial charge in [0.05, 0.1) is 0 Å². The van der Waals surface area contributed by atoms with Crippen LogP contribution in [0, 0.1) is 0 Å². The molecule has 2 aromatic rings. The van der Waals surface area contributed by atoms with Crippen molar-refractivity contribution in [3.8, 4) is 0 Å². The molecule has 0 aliphatic rings. The van der Waals surface area contributed by atoms with E-state index in [2.05, 4.69) is 4.98 Å². The van der Waals surface area contributed by atoms with Gasteiger partial charge in [-0.15, -0.1) is 0 Å². The zero-order chi connectivity index (χ0) is 13.7. The Labute approximate surface area is 113 Å². The third kappa shape index (κ3) is 3.41. The van der Waals surface area contributed by atoms with Crippen molar-refractivity contribution in [2.75, 3.05) is 0 Å². The molecule has 1 aromatic carbocycles. The molecule has 2 rings (SSSR count). The third-order valence-corrected chi connectivity index (χ3v) is 2.96. The maximum absolute atomic E-state index is 12.5. The fourth-order valence-corrected chi connectivity index (χ4v) is 1.91. The highest BCUT2D eigenvalue weighted by Crippen LogP contribution is 2.11. The Morgan fingerprint density at radius 3 is 2.37 bits per heavy atom. The van der Waals surface area contributed by atoms with E-state index < -0.39 is 0 Å². The number of aromatic nitrogens is 1. The van der Waals surface area contributed by atoms with Crippen LogP contribution in [-0.2, 0) is 6.54 Å². The summed E-state index contributed by atoms with van der Waals surface area (Å²) in [5, 5.41) is 0. The number of benzene rings is 1. The van der Waals surface area contributed by atoms with E-state index >= 15 is 0 Å². The topological polar surface area (TPSA) is 33.2 Å². The Bertz CT molecular complexity index is 523. The molecule has 1 aromatic heterocycles. The lowest BCUT2D eigenvalue weighted by Crippen LogP contribution is -2.36. The van der Waals surface area contributed by atoms with Crippen LogP contribution >= 0.6 is 0 Å². The zero-order valence-corrected chi connectivity index (χ0v) is 11.3. The molecule has 19 heavy (non-hydrogen) atoms. The molecule has 0 aliphatic heterocycles. The van der Waals surface area contributed by atoms with Gasteiger partial charge < -0.3 is 4.90 Å². The molecular formula is C16H18N2O. The number of hydrogen-bond acceptors (Lipinski definition) is 2. The lowest BCUT2D eigenvalue weighted by atomic mass is 10.1. The van der Waals surface area contributed by atoms with Crippen LogP contribution in [0.4, 0.5) is 0 Å². The van der Waals surface area contributed by atoms with Gasteiger partial charge in [0.1, 0.15) is 5.69 Å². The van der Waals surface area contributed by atoms with Gasteiger partial charge in [0.25, 0.3) is 5.91 Å². The van der Waals surface area contributed by atoms with Gasteiger partial charge in [0.15, 0.2) is 0 Å². The van der Waals surface area contributed by atoms with E-state index in [-0.39, 0.29) is 11.9 Å². The summed E-state index contributed by atoms with van der Waals surface area (Å²) in [6, 6.07) is 15.5. The van der Waals surface area contributed by atoms with Crippen molar-refractivity contribution in [2.24, 2.45) is 0 Å². The van der Waals surface area contributed by atoms with Crippen LogP contribution in [0.2, 0.25) is 0 Å². The highest BCUT2D eigenvalue weighted by Gasteiger charge is 2.19. The van der Waals surface area contributed by atoms with Crippen molar-refractivity contribution in [1.82, 2.24) is 9.88 Å². The molecule has 98 valence electrons. The summed E-state index contributed by atoms with van der Waals surface area (Å²) in [4.78, 5) is 18.4. The van der Waals surface area contributed by atoms with Crippen LogP contribution in [0.3, 0.4) is 0 Å². The van der Waals surface area contributed by atoms with Crippen LogP contribution in [0.25, 0.3) is 0 Å². The smallest absolute Gasteiger partial charge is 0.272 e. The van der Waals surface area contributed by atoms with E-state index in [1.165, 1.54) is 0 Å². The predicted molar refractivity (Wildman–Crippen MR) is 75.7 cm³/mol. The molecule has 0 bridgehead atoms. The molecule has 0 N–H and O–H groups in total. The first-order chi connectivity index (χ1) is 9.18. The second-order valence-corrected chi connectivity index (χ2v) is 4.73. The van der Waals surface area contributed by atoms with Gasteiger partial charge in [-0.25, -0.2) is 0 Å². The number of rotatable bonds is 4. The number of nitrogens with zero attached hydrogens (tertiary/aromatic N) is 2. The summed E-state index contributed by atoms with van der Waals surface area (Å²) in [5.74, 6) is -0.0283. The van der Waals surface area contributed by atoms with Gasteiger partial charge in [-0.3, -0.25) is 9.78 Å². The number of carbonyl (C=O) groups is 1. The normalized spacial score (nSPS) is 10.5. The van der Waals surface area contributed by atoms with Crippen molar-refractivity contribution in [1.29, 1.82) is 0 Å². The fraction of sp³-hybridized carbons (Fsp3) is 0.250. The summed E-state index contributed by atoms with van der Waals surface area (Å²) in [7, 11) is 0. The van der Waals surface area contributed by atoms with E-state index in [1.807, 2.05) is 61.2 Å². The minimum absolute atomic E-state index is 0.0283. The quantitative estimate of drug-likeness (QED) is 0.839. The Hall–Kier alpha value is -2.16. The summed E-state index contributed by atoms with van der Waals surface area (Å²) in [6.45, 7) is 4.64. The Morgan fingerprint density at radius 2 is 1.79 bits per heavy atom. The maximum atomic E-state index is 12.5. The van der Waals surface area contributed by atoms with Gasteiger partial charge in [-0.05, 0) is 31.5 Å². The first kappa shape index (κ1) is 13.3. The Balaban J connectivity index is 2.19. The fourth-order valence-electron chi connectivity index (χ4n) is 1.91. The average molecular weight is 254 g/mol. The first-order valence-electron chi connectivity index (χ1n) is 6.44. The van der Waals surface area contributed by atoms with E-state index in [0.29, 0.717) is 12.2 Å². The predicted octanol–water partition coefficient (Wildman–Crippen LogP) is 3.13. The van der Waals surface area contributed by atoms with Crippen LogP contribution in [0.15, 0.2) is 54.7 Å². The van der Waals surface area contributed by atoms with Gasteiger partial charge in [0, 0.05) is 18.8 Å². The minimum atomic E-state index is -0.0283. The summed E-state index contributed by atoms with van der Waals surface area (Å²) in [6.07, 6.45) is 1.65. The van der Waals surface area contributed by atoms with Crippen molar-refractivity contribution in [3.63, 3.8) is 0 Å². The maximum Gasteiger partial charge on any atom is 0.272 e. The first-order valence-corrected chi connectivity index (χ1v) is 6.44. The molecule has 0 fully saturated rings. The zero-order valence-electron chi connectivity index (χ0n) is 11.3. The van der Waals surface area contributed by atoms with E-state index in [0.717, 1.165) is 5.56 Å². The summed E-state index contributed by atoms with van der Waals surface area (Å²) >= 11 is 0. The molecule has 0 aliphatic carbocycles. The number of hydrogen-bond donors (Lipinski definition) is 0. The SMILES string of the molecule is CC(C)N(Cc1ccccc1)C(=O)c1ccccn1. The molecule has 1 amide bonds. The largest absolute Gasteiger partial charge is 0.331 e. The molecule has 0 saturated heterocycles. The van der Waals surface area contributed by atoms with Crippen molar-refractivity contribution < 1.29 is 4.79 Å². The number of amides is 1. The molecular weight excluding hydrogens is 236 g/mol. The van der Waals surface area contributed by atoms with Crippen molar-refractivity contribution in [3.05, 3.63) is 66.0 Å². The molecule has 3 heteroatoms. The summed E-state index contributed by atoms with van der Waals surface area (Å²) in [5.41, 5.74) is 1.62. The van der Waals surface area contributed by atoms with Crippen LogP contribution < -0.4 is 0 Å².